The van der Waals surface area contributed by atoms with Crippen LogP contribution >= 0.6 is 0 Å². The van der Waals surface area contributed by atoms with E-state index in [1.54, 1.807) is 0 Å². The molecule has 0 radical (unpaired) electrons. The van der Waals surface area contributed by atoms with Crippen LogP contribution in [0.15, 0.2) is 186 Å². The summed E-state index contributed by atoms with van der Waals surface area (Å²) in [7, 11) is 0. The topological polar surface area (TPSA) is 85.5 Å². The van der Waals surface area contributed by atoms with Crippen LogP contribution in [-0.2, 0) is 0 Å². The highest BCUT2D eigenvalue weighted by atomic mass is 16.3. The molecule has 0 amide bonds. The van der Waals surface area contributed by atoms with E-state index in [1.807, 2.05) is 97.1 Å². The fourth-order valence-electron chi connectivity index (χ4n) is 8.83. The van der Waals surface area contributed by atoms with Gasteiger partial charge in [-0.05, 0) is 48.5 Å². The molecule has 0 saturated heterocycles. The van der Waals surface area contributed by atoms with E-state index in [-0.39, 0.29) is 0 Å². The van der Waals surface area contributed by atoms with E-state index in [0.29, 0.717) is 45.5 Å². The van der Waals surface area contributed by atoms with Gasteiger partial charge in [0.05, 0.1) is 27.6 Å². The normalized spacial score (nSPS) is 11.7. The van der Waals surface area contributed by atoms with E-state index in [4.69, 9.17) is 19.4 Å². The first-order chi connectivity index (χ1) is 29.2. The molecule has 7 nitrogen and oxygen atoms in total. The van der Waals surface area contributed by atoms with Gasteiger partial charge in [-0.25, -0.2) is 15.0 Å². The molecule has 0 fully saturated rings. The number of hydrogen-bond donors (Lipinski definition) is 0. The quantitative estimate of drug-likeness (QED) is 0.175. The third-order valence-corrected chi connectivity index (χ3v) is 11.4. The average Bonchev–Trinajstić information content (AvgIpc) is 3.96. The highest BCUT2D eigenvalue weighted by Gasteiger charge is 2.27. The Hall–Kier alpha value is -8.34. The van der Waals surface area contributed by atoms with Gasteiger partial charge in [0.25, 0.3) is 0 Å². The molecule has 0 aliphatic rings. The van der Waals surface area contributed by atoms with Crippen molar-refractivity contribution in [2.75, 3.05) is 0 Å². The molecule has 0 unspecified atom stereocenters. The summed E-state index contributed by atoms with van der Waals surface area (Å²) in [4.78, 5) is 15.2. The molecule has 12 aromatic rings. The van der Waals surface area contributed by atoms with Gasteiger partial charge in [-0.15, -0.1) is 0 Å². The molecule has 4 heterocycles. The number of rotatable bonds is 5. The van der Waals surface area contributed by atoms with Crippen LogP contribution in [0.1, 0.15) is 5.56 Å². The molecular formula is C52H30N6O. The molecule has 7 heteroatoms. The summed E-state index contributed by atoms with van der Waals surface area (Å²) < 4.78 is 11.5. The zero-order valence-electron chi connectivity index (χ0n) is 31.4. The third kappa shape index (κ3) is 4.97. The lowest BCUT2D eigenvalue weighted by molar-refractivity contribution is 0.666. The van der Waals surface area contributed by atoms with Crippen molar-refractivity contribution in [1.82, 2.24) is 24.1 Å². The Morgan fingerprint density at radius 1 is 0.441 bits per heavy atom. The monoisotopic (exact) mass is 754 g/mol. The van der Waals surface area contributed by atoms with Crippen molar-refractivity contribution in [1.29, 1.82) is 5.26 Å². The molecule has 59 heavy (non-hydrogen) atoms. The van der Waals surface area contributed by atoms with Crippen LogP contribution in [0.4, 0.5) is 0 Å². The second-order valence-electron chi connectivity index (χ2n) is 14.7. The summed E-state index contributed by atoms with van der Waals surface area (Å²) in [6, 6.07) is 64.4. The number of nitriles is 1. The SMILES string of the molecule is N#Cc1cc(-c2nc(-c3ccccc3)nc(-c3ccccc3)n2)c2c(oc3ccccc32)c1-n1c2ccccc2c2cc3c(cc21)c1ccccc1n3-c1ccccc1. The van der Waals surface area contributed by atoms with Gasteiger partial charge in [0, 0.05) is 54.7 Å². The Balaban J connectivity index is 1.20. The van der Waals surface area contributed by atoms with Crippen molar-refractivity contribution >= 4 is 65.6 Å². The zero-order chi connectivity index (χ0) is 39.0. The van der Waals surface area contributed by atoms with Gasteiger partial charge in [-0.3, -0.25) is 0 Å². The highest BCUT2D eigenvalue weighted by Crippen LogP contribution is 2.45. The van der Waals surface area contributed by atoms with Gasteiger partial charge >= 0.3 is 0 Å². The van der Waals surface area contributed by atoms with Crippen molar-refractivity contribution in [3.63, 3.8) is 0 Å². The Labute approximate surface area is 337 Å². The smallest absolute Gasteiger partial charge is 0.164 e. The van der Waals surface area contributed by atoms with E-state index in [2.05, 4.69) is 100 Å². The Kier molecular flexibility index (Phi) is 7.16. The summed E-state index contributed by atoms with van der Waals surface area (Å²) >= 11 is 0. The molecule has 0 spiro atoms. The summed E-state index contributed by atoms with van der Waals surface area (Å²) in [5, 5.41) is 17.3. The number of fused-ring (bicyclic) bond motifs is 9. The number of benzene rings is 8. The van der Waals surface area contributed by atoms with Crippen molar-refractivity contribution in [2.24, 2.45) is 0 Å². The fraction of sp³-hybridized carbons (Fsp3) is 0. The summed E-state index contributed by atoms with van der Waals surface area (Å²) in [5.41, 5.74) is 10.1. The third-order valence-electron chi connectivity index (χ3n) is 11.4. The van der Waals surface area contributed by atoms with E-state index in [1.165, 1.54) is 0 Å². The standard InChI is InChI=1S/C52H30N6O/c53-31-34-28-41(52-55-50(32-16-4-1-5-17-32)54-51(56-52)33-18-6-2-7-19-33)47-38-24-12-15-27-46(38)59-49(47)48(34)58-43-26-14-11-23-37(43)40-29-44-39(30-45(40)58)36-22-10-13-25-42(36)57(44)35-20-8-3-9-21-35/h1-30H. The molecule has 0 saturated carbocycles. The van der Waals surface area contributed by atoms with Crippen molar-refractivity contribution in [2.45, 2.75) is 0 Å². The minimum absolute atomic E-state index is 0.434. The number of furan rings is 1. The average molecular weight is 755 g/mol. The molecule has 0 aliphatic carbocycles. The van der Waals surface area contributed by atoms with Crippen LogP contribution in [0.3, 0.4) is 0 Å². The van der Waals surface area contributed by atoms with Crippen LogP contribution in [-0.4, -0.2) is 24.1 Å². The van der Waals surface area contributed by atoms with Gasteiger partial charge in [-0.2, -0.15) is 5.26 Å². The van der Waals surface area contributed by atoms with Crippen LogP contribution < -0.4 is 0 Å². The molecule has 4 aromatic heterocycles. The van der Waals surface area contributed by atoms with E-state index < -0.39 is 0 Å². The molecule has 0 bridgehead atoms. The maximum atomic E-state index is 11.2. The zero-order valence-corrected chi connectivity index (χ0v) is 31.4. The minimum Gasteiger partial charge on any atom is -0.454 e. The lowest BCUT2D eigenvalue weighted by Gasteiger charge is -2.14. The lowest BCUT2D eigenvalue weighted by atomic mass is 10.00. The van der Waals surface area contributed by atoms with Gasteiger partial charge in [0.1, 0.15) is 17.3 Å². The van der Waals surface area contributed by atoms with E-state index in [9.17, 15) is 5.26 Å². The maximum absolute atomic E-state index is 11.2. The van der Waals surface area contributed by atoms with Crippen LogP contribution in [0.25, 0.3) is 111 Å². The predicted molar refractivity (Wildman–Crippen MR) is 237 cm³/mol. The molecule has 0 aliphatic heterocycles. The van der Waals surface area contributed by atoms with Crippen molar-refractivity contribution in [3.05, 3.63) is 188 Å². The first kappa shape index (κ1) is 32.9. The van der Waals surface area contributed by atoms with Gasteiger partial charge < -0.3 is 13.6 Å². The first-order valence-electron chi connectivity index (χ1n) is 19.5. The van der Waals surface area contributed by atoms with E-state index in [0.717, 1.165) is 71.2 Å². The second kappa shape index (κ2) is 12.8. The van der Waals surface area contributed by atoms with Gasteiger partial charge in [0.2, 0.25) is 0 Å². The molecule has 274 valence electrons. The summed E-state index contributed by atoms with van der Waals surface area (Å²) in [6.07, 6.45) is 0. The number of aromatic nitrogens is 5. The fourth-order valence-corrected chi connectivity index (χ4v) is 8.83. The largest absolute Gasteiger partial charge is 0.454 e. The van der Waals surface area contributed by atoms with Gasteiger partial charge in [-0.1, -0.05) is 133 Å². The van der Waals surface area contributed by atoms with Crippen LogP contribution in [0.5, 0.6) is 0 Å². The van der Waals surface area contributed by atoms with Gasteiger partial charge in [0.15, 0.2) is 23.1 Å². The maximum Gasteiger partial charge on any atom is 0.164 e. The molecule has 0 atom stereocenters. The Morgan fingerprint density at radius 2 is 0.932 bits per heavy atom. The Morgan fingerprint density at radius 3 is 1.54 bits per heavy atom. The molecule has 8 aromatic carbocycles. The molecule has 0 N–H and O–H groups in total. The second-order valence-corrected chi connectivity index (χ2v) is 14.7. The highest BCUT2D eigenvalue weighted by molar-refractivity contribution is 6.21. The number of hydrogen-bond acceptors (Lipinski definition) is 5. The number of nitrogens with zero attached hydrogens (tertiary/aromatic N) is 6. The minimum atomic E-state index is 0.434. The van der Waals surface area contributed by atoms with E-state index >= 15 is 0 Å². The molecule has 12 rings (SSSR count). The van der Waals surface area contributed by atoms with Crippen LogP contribution in [0, 0.1) is 11.3 Å². The van der Waals surface area contributed by atoms with Crippen LogP contribution in [0.2, 0.25) is 0 Å². The number of para-hydroxylation sites is 4. The van der Waals surface area contributed by atoms with Crippen molar-refractivity contribution < 1.29 is 4.42 Å². The lowest BCUT2D eigenvalue weighted by Crippen LogP contribution is -2.03. The first-order valence-corrected chi connectivity index (χ1v) is 19.5. The summed E-state index contributed by atoms with van der Waals surface area (Å²) in [6.45, 7) is 0. The molecular weight excluding hydrogens is 725 g/mol. The van der Waals surface area contributed by atoms with Crippen molar-refractivity contribution in [3.8, 4) is 51.6 Å². The Bertz CT molecular complexity index is 3610. The summed E-state index contributed by atoms with van der Waals surface area (Å²) in [5.74, 6) is 1.54. The predicted octanol–water partition coefficient (Wildman–Crippen LogP) is 12.8.